The van der Waals surface area contributed by atoms with Gasteiger partial charge in [-0.15, -0.1) is 11.3 Å². The maximum absolute atomic E-state index is 5.62. The van der Waals surface area contributed by atoms with Crippen LogP contribution in [-0.4, -0.2) is 39.4 Å². The van der Waals surface area contributed by atoms with Crippen LogP contribution in [-0.2, 0) is 4.74 Å². The van der Waals surface area contributed by atoms with Gasteiger partial charge in [0.15, 0.2) is 0 Å². The molecule has 0 aromatic carbocycles. The second kappa shape index (κ2) is 6.43. The summed E-state index contributed by atoms with van der Waals surface area (Å²) in [5, 5.41) is 9.30. The number of thiophene rings is 1. The Labute approximate surface area is 136 Å². The molecule has 0 aliphatic carbocycles. The number of hydrogen-bond donors (Lipinski definition) is 1. The van der Waals surface area contributed by atoms with Gasteiger partial charge in [0.2, 0.25) is 5.82 Å². The summed E-state index contributed by atoms with van der Waals surface area (Å²) < 4.78 is 11.0. The summed E-state index contributed by atoms with van der Waals surface area (Å²) in [5.41, 5.74) is 0.695. The standard InChI is InChI=1S/C15H15N5O2S/c1-3-10(21-5-1)7-17-13-11(8-16-9-18-13)15-19-14(20-22-15)12-4-2-6-23-12/h2,4,6,8-10H,1,3,5,7H2,(H,16,17,18)/t10-/m0/s1. The lowest BCUT2D eigenvalue weighted by atomic mass is 10.2. The molecule has 1 fully saturated rings. The van der Waals surface area contributed by atoms with Crippen LogP contribution in [0.2, 0.25) is 0 Å². The monoisotopic (exact) mass is 329 g/mol. The number of nitrogens with one attached hydrogen (secondary N) is 1. The topological polar surface area (TPSA) is 86.0 Å². The molecule has 23 heavy (non-hydrogen) atoms. The number of nitrogens with zero attached hydrogens (tertiary/aromatic N) is 4. The molecule has 4 rings (SSSR count). The smallest absolute Gasteiger partial charge is 0.263 e. The van der Waals surface area contributed by atoms with E-state index in [9.17, 15) is 0 Å². The molecule has 1 saturated heterocycles. The molecular weight excluding hydrogens is 314 g/mol. The molecule has 0 saturated carbocycles. The third-order valence-corrected chi connectivity index (χ3v) is 4.50. The maximum atomic E-state index is 5.62. The fourth-order valence-corrected chi connectivity index (χ4v) is 3.13. The van der Waals surface area contributed by atoms with Crippen molar-refractivity contribution in [2.24, 2.45) is 0 Å². The van der Waals surface area contributed by atoms with Gasteiger partial charge in [-0.05, 0) is 24.3 Å². The van der Waals surface area contributed by atoms with Gasteiger partial charge in [0.05, 0.1) is 11.0 Å². The van der Waals surface area contributed by atoms with E-state index in [0.717, 1.165) is 24.3 Å². The molecule has 1 aliphatic rings. The van der Waals surface area contributed by atoms with Crippen molar-refractivity contribution >= 4 is 17.2 Å². The summed E-state index contributed by atoms with van der Waals surface area (Å²) in [6.45, 7) is 1.53. The summed E-state index contributed by atoms with van der Waals surface area (Å²) in [6, 6.07) is 3.91. The van der Waals surface area contributed by atoms with Crippen LogP contribution >= 0.6 is 11.3 Å². The first-order chi connectivity index (χ1) is 11.4. The predicted octanol–water partition coefficient (Wildman–Crippen LogP) is 2.85. The first kappa shape index (κ1) is 14.3. The van der Waals surface area contributed by atoms with Crippen molar-refractivity contribution in [2.75, 3.05) is 18.5 Å². The highest BCUT2D eigenvalue weighted by Gasteiger charge is 2.19. The lowest BCUT2D eigenvalue weighted by Gasteiger charge is -2.12. The number of ether oxygens (including phenoxy) is 1. The molecule has 4 heterocycles. The molecule has 0 unspecified atom stereocenters. The van der Waals surface area contributed by atoms with E-state index in [4.69, 9.17) is 9.26 Å². The van der Waals surface area contributed by atoms with Crippen LogP contribution < -0.4 is 5.32 Å². The van der Waals surface area contributed by atoms with Crippen LogP contribution in [0.25, 0.3) is 22.2 Å². The molecule has 1 aliphatic heterocycles. The Bertz CT molecular complexity index is 768. The van der Waals surface area contributed by atoms with Crippen molar-refractivity contribution in [1.82, 2.24) is 20.1 Å². The van der Waals surface area contributed by atoms with Gasteiger partial charge in [-0.25, -0.2) is 9.97 Å². The van der Waals surface area contributed by atoms with E-state index in [1.54, 1.807) is 17.5 Å². The van der Waals surface area contributed by atoms with Gasteiger partial charge >= 0.3 is 0 Å². The molecule has 0 radical (unpaired) electrons. The van der Waals surface area contributed by atoms with E-state index >= 15 is 0 Å². The van der Waals surface area contributed by atoms with Crippen LogP contribution in [0.3, 0.4) is 0 Å². The molecule has 118 valence electrons. The Balaban J connectivity index is 1.56. The van der Waals surface area contributed by atoms with Crippen LogP contribution in [0.1, 0.15) is 12.8 Å². The zero-order valence-corrected chi connectivity index (χ0v) is 13.1. The van der Waals surface area contributed by atoms with Gasteiger partial charge in [0, 0.05) is 19.3 Å². The minimum atomic E-state index is 0.224. The highest BCUT2D eigenvalue weighted by atomic mass is 32.1. The minimum absolute atomic E-state index is 0.224. The predicted molar refractivity (Wildman–Crippen MR) is 86.1 cm³/mol. The minimum Gasteiger partial charge on any atom is -0.376 e. The third-order valence-electron chi connectivity index (χ3n) is 3.63. The largest absolute Gasteiger partial charge is 0.376 e. The second-order valence-corrected chi connectivity index (χ2v) is 6.15. The van der Waals surface area contributed by atoms with E-state index in [-0.39, 0.29) is 6.10 Å². The molecule has 1 N–H and O–H groups in total. The summed E-state index contributed by atoms with van der Waals surface area (Å²) in [6.07, 6.45) is 5.57. The first-order valence-electron chi connectivity index (χ1n) is 7.43. The first-order valence-corrected chi connectivity index (χ1v) is 8.31. The van der Waals surface area contributed by atoms with E-state index in [2.05, 4.69) is 25.4 Å². The zero-order valence-electron chi connectivity index (χ0n) is 12.3. The second-order valence-electron chi connectivity index (χ2n) is 5.20. The summed E-state index contributed by atoms with van der Waals surface area (Å²) in [7, 11) is 0. The van der Waals surface area contributed by atoms with Crippen LogP contribution in [0.5, 0.6) is 0 Å². The molecule has 8 heteroatoms. The van der Waals surface area contributed by atoms with Crippen molar-refractivity contribution in [3.8, 4) is 22.2 Å². The fourth-order valence-electron chi connectivity index (χ4n) is 2.48. The Morgan fingerprint density at radius 3 is 3.22 bits per heavy atom. The van der Waals surface area contributed by atoms with Crippen LogP contribution in [0, 0.1) is 0 Å². The van der Waals surface area contributed by atoms with Gasteiger partial charge in [-0.1, -0.05) is 11.2 Å². The number of rotatable bonds is 5. The third kappa shape index (κ3) is 3.08. The van der Waals surface area contributed by atoms with Crippen LogP contribution in [0.4, 0.5) is 5.82 Å². The summed E-state index contributed by atoms with van der Waals surface area (Å²) in [5.74, 6) is 1.66. The Kier molecular flexibility index (Phi) is 3.99. The van der Waals surface area contributed by atoms with E-state index in [1.807, 2.05) is 17.5 Å². The fraction of sp³-hybridized carbons (Fsp3) is 0.333. The quantitative estimate of drug-likeness (QED) is 0.770. The SMILES string of the molecule is c1csc(-c2noc(-c3cncnc3NC[C@@H]3CCCO3)n2)c1. The van der Waals surface area contributed by atoms with Crippen molar-refractivity contribution in [2.45, 2.75) is 18.9 Å². The van der Waals surface area contributed by atoms with Gasteiger partial charge < -0.3 is 14.6 Å². The van der Waals surface area contributed by atoms with Gasteiger partial charge in [-0.3, -0.25) is 0 Å². The lowest BCUT2D eigenvalue weighted by molar-refractivity contribution is 0.120. The number of hydrogen-bond acceptors (Lipinski definition) is 8. The molecule has 0 spiro atoms. The van der Waals surface area contributed by atoms with Crippen LogP contribution in [0.15, 0.2) is 34.6 Å². The van der Waals surface area contributed by atoms with Crippen molar-refractivity contribution in [3.63, 3.8) is 0 Å². The van der Waals surface area contributed by atoms with Gasteiger partial charge in [0.25, 0.3) is 5.89 Å². The molecule has 7 nitrogen and oxygen atoms in total. The van der Waals surface area contributed by atoms with Gasteiger partial charge in [-0.2, -0.15) is 4.98 Å². The number of aromatic nitrogens is 4. The Hall–Kier alpha value is -2.32. The van der Waals surface area contributed by atoms with E-state index in [0.29, 0.717) is 29.6 Å². The number of anilines is 1. The molecule has 0 amide bonds. The highest BCUT2D eigenvalue weighted by Crippen LogP contribution is 2.28. The summed E-state index contributed by atoms with van der Waals surface area (Å²) >= 11 is 1.57. The molecule has 3 aromatic rings. The normalized spacial score (nSPS) is 17.5. The van der Waals surface area contributed by atoms with Crippen molar-refractivity contribution < 1.29 is 9.26 Å². The van der Waals surface area contributed by atoms with Gasteiger partial charge in [0.1, 0.15) is 17.7 Å². The Morgan fingerprint density at radius 1 is 1.39 bits per heavy atom. The summed E-state index contributed by atoms with van der Waals surface area (Å²) in [4.78, 5) is 13.8. The average Bonchev–Trinajstić information content (AvgIpc) is 3.34. The highest BCUT2D eigenvalue weighted by molar-refractivity contribution is 7.13. The van der Waals surface area contributed by atoms with Crippen molar-refractivity contribution in [3.05, 3.63) is 30.0 Å². The lowest BCUT2D eigenvalue weighted by Crippen LogP contribution is -2.19. The average molecular weight is 329 g/mol. The molecular formula is C15H15N5O2S. The molecule has 3 aromatic heterocycles. The molecule has 1 atom stereocenters. The zero-order chi connectivity index (χ0) is 15.5. The molecule has 0 bridgehead atoms. The maximum Gasteiger partial charge on any atom is 0.263 e. The van der Waals surface area contributed by atoms with Crippen molar-refractivity contribution in [1.29, 1.82) is 0 Å². The van der Waals surface area contributed by atoms with E-state index in [1.165, 1.54) is 6.33 Å². The Morgan fingerprint density at radius 2 is 2.39 bits per heavy atom. The van der Waals surface area contributed by atoms with E-state index < -0.39 is 0 Å².